The van der Waals surface area contributed by atoms with Crippen LogP contribution in [0.3, 0.4) is 0 Å². The average Bonchev–Trinajstić information content (AvgIpc) is 3.97. The fraction of sp³-hybridized carbons (Fsp3) is 0.111. The fourth-order valence-corrected chi connectivity index (χ4v) is 12.0. The van der Waals surface area contributed by atoms with E-state index in [1.807, 2.05) is 67.8 Å². The molecule has 0 bridgehead atoms. The van der Waals surface area contributed by atoms with Gasteiger partial charge in [-0.15, -0.1) is 71.0 Å². The molecule has 1 radical (unpaired) electrons. The second kappa shape index (κ2) is 16.9. The van der Waals surface area contributed by atoms with Crippen molar-refractivity contribution in [2.75, 3.05) is 0 Å². The molecular formula is C54H42FIrN3S2Si-2. The first-order chi connectivity index (χ1) is 29.9. The molecule has 8 heteroatoms. The molecule has 0 aliphatic carbocycles. The number of thiophene rings is 2. The number of benzene rings is 7. The van der Waals surface area contributed by atoms with E-state index in [4.69, 9.17) is 6.35 Å². The van der Waals surface area contributed by atoms with Crippen molar-refractivity contribution in [2.24, 2.45) is 0 Å². The van der Waals surface area contributed by atoms with Crippen LogP contribution >= 0.6 is 22.7 Å². The van der Waals surface area contributed by atoms with Gasteiger partial charge >= 0.3 is 0 Å². The molecule has 0 aliphatic rings. The standard InChI is InChI=1S/C37H20FN2S2.C17H22NSi.Ir/c38-25-7-5-6-22(18-25)23-12-15-28-29-19-24(13-16-34(29)42-36(28)20-23)37-39-31-9-2-3-10-32(31)40(37)26-14-17-35-30(21-26)27-8-1-4-11-33(27)41-35;1-13(2)15-11-16(14-9-7-6-8-10-14)18-12-17(15)19(3,4)5;/h1-12,14-21H;6-9,11-13H,1-5H3;/q2*-1;/i;13D;. The van der Waals surface area contributed by atoms with Crippen LogP contribution in [0.2, 0.25) is 19.6 Å². The van der Waals surface area contributed by atoms with Crippen molar-refractivity contribution in [1.29, 1.82) is 0 Å². The van der Waals surface area contributed by atoms with Crippen molar-refractivity contribution in [1.82, 2.24) is 14.5 Å². The summed E-state index contributed by atoms with van der Waals surface area (Å²) in [6.45, 7) is 10.8. The van der Waals surface area contributed by atoms with Crippen LogP contribution in [-0.4, -0.2) is 22.6 Å². The minimum atomic E-state index is -1.50. The van der Waals surface area contributed by atoms with Gasteiger partial charge in [-0.25, -0.2) is 4.39 Å². The van der Waals surface area contributed by atoms with Crippen molar-refractivity contribution in [3.8, 4) is 39.5 Å². The molecule has 3 nitrogen and oxygen atoms in total. The van der Waals surface area contributed by atoms with Crippen molar-refractivity contribution in [2.45, 2.75) is 39.4 Å². The van der Waals surface area contributed by atoms with E-state index in [1.165, 1.54) is 51.6 Å². The molecule has 307 valence electrons. The Morgan fingerprint density at radius 3 is 2.21 bits per heavy atom. The van der Waals surface area contributed by atoms with Crippen LogP contribution in [0.5, 0.6) is 0 Å². The zero-order valence-corrected chi connectivity index (χ0v) is 39.9. The average molecular weight is 1040 g/mol. The largest absolute Gasteiger partial charge is 0.333 e. The molecule has 0 saturated heterocycles. The molecular weight excluding hydrogens is 994 g/mol. The molecule has 0 amide bonds. The summed E-state index contributed by atoms with van der Waals surface area (Å²) in [5.41, 5.74) is 8.92. The van der Waals surface area contributed by atoms with Gasteiger partial charge in [0.15, 0.2) is 0 Å². The Hall–Kier alpha value is -5.60. The molecule has 0 atom stereocenters. The molecule has 11 rings (SSSR count). The van der Waals surface area contributed by atoms with Gasteiger partial charge in [-0.2, -0.15) is 11.3 Å². The minimum Gasteiger partial charge on any atom is -0.333 e. The fourth-order valence-electron chi connectivity index (χ4n) is 8.19. The van der Waals surface area contributed by atoms with E-state index in [9.17, 15) is 4.39 Å². The summed E-state index contributed by atoms with van der Waals surface area (Å²) >= 11 is 3.56. The van der Waals surface area contributed by atoms with Crippen LogP contribution < -0.4 is 5.19 Å². The van der Waals surface area contributed by atoms with Crippen LogP contribution in [0.25, 0.3) is 90.8 Å². The number of fused-ring (bicyclic) bond motifs is 7. The summed E-state index contributed by atoms with van der Waals surface area (Å²) in [6.07, 6.45) is 1.98. The number of nitrogens with zero attached hydrogens (tertiary/aromatic N) is 3. The molecule has 0 fully saturated rings. The molecule has 4 heterocycles. The van der Waals surface area contributed by atoms with E-state index < -0.39 is 14.0 Å². The van der Waals surface area contributed by atoms with Crippen LogP contribution in [0.15, 0.2) is 158 Å². The maximum atomic E-state index is 13.9. The Kier molecular flexibility index (Phi) is 11.1. The predicted molar refractivity (Wildman–Crippen MR) is 262 cm³/mol. The van der Waals surface area contributed by atoms with Crippen molar-refractivity contribution in [3.63, 3.8) is 0 Å². The number of imidazole rings is 1. The Bertz CT molecular complexity index is 3470. The molecule has 0 spiro atoms. The summed E-state index contributed by atoms with van der Waals surface area (Å²) in [7, 11) is -1.50. The van der Waals surface area contributed by atoms with Crippen molar-refractivity contribution < 1.29 is 25.9 Å². The second-order valence-corrected chi connectivity index (χ2v) is 23.8. The smallest absolute Gasteiger partial charge is 0.123 e. The summed E-state index contributed by atoms with van der Waals surface area (Å²) in [4.78, 5) is 9.73. The third kappa shape index (κ3) is 7.87. The number of aromatic nitrogens is 3. The Morgan fingerprint density at radius 2 is 1.40 bits per heavy atom. The second-order valence-electron chi connectivity index (χ2n) is 16.6. The Balaban J connectivity index is 0.000000204. The summed E-state index contributed by atoms with van der Waals surface area (Å²) in [5, 5.41) is 6.17. The first-order valence-corrected chi connectivity index (χ1v) is 25.5. The van der Waals surface area contributed by atoms with Crippen LogP contribution in [0.4, 0.5) is 4.39 Å². The normalized spacial score (nSPS) is 12.1. The van der Waals surface area contributed by atoms with Gasteiger partial charge in [-0.1, -0.05) is 105 Å². The molecule has 11 aromatic rings. The van der Waals surface area contributed by atoms with E-state index in [0.29, 0.717) is 0 Å². The first-order valence-electron chi connectivity index (χ1n) is 20.9. The van der Waals surface area contributed by atoms with E-state index in [0.717, 1.165) is 56.1 Å². The quantitative estimate of drug-likeness (QED) is 0.123. The molecule has 7 aromatic carbocycles. The molecule has 0 saturated carbocycles. The zero-order chi connectivity index (χ0) is 42.8. The first kappa shape index (κ1) is 40.5. The molecule has 62 heavy (non-hydrogen) atoms. The van der Waals surface area contributed by atoms with Gasteiger partial charge < -0.3 is 9.55 Å². The number of para-hydroxylation sites is 2. The summed E-state index contributed by atoms with van der Waals surface area (Å²) in [5.74, 6) is 0.0346. The van der Waals surface area contributed by atoms with E-state index in [-0.39, 0.29) is 25.9 Å². The maximum absolute atomic E-state index is 13.9. The third-order valence-electron chi connectivity index (χ3n) is 11.2. The summed E-state index contributed by atoms with van der Waals surface area (Å²) in [6, 6.07) is 57.8. The minimum absolute atomic E-state index is 0. The number of pyridine rings is 1. The van der Waals surface area contributed by atoms with Gasteiger partial charge in [-0.05, 0) is 92.6 Å². The van der Waals surface area contributed by atoms with Gasteiger partial charge in [-0.3, -0.25) is 4.98 Å². The molecule has 0 N–H and O–H groups in total. The van der Waals surface area contributed by atoms with E-state index in [1.54, 1.807) is 23.5 Å². The predicted octanol–water partition coefficient (Wildman–Crippen LogP) is 15.2. The number of rotatable bonds is 6. The van der Waals surface area contributed by atoms with E-state index >= 15 is 0 Å². The molecule has 4 aromatic heterocycles. The monoisotopic (exact) mass is 1040 g/mol. The van der Waals surface area contributed by atoms with Crippen LogP contribution in [0, 0.1) is 17.9 Å². The summed E-state index contributed by atoms with van der Waals surface area (Å²) < 4.78 is 29.5. The zero-order valence-electron chi connectivity index (χ0n) is 35.9. The van der Waals surface area contributed by atoms with Crippen molar-refractivity contribution >= 4 is 87.3 Å². The van der Waals surface area contributed by atoms with Gasteiger partial charge in [0, 0.05) is 58.2 Å². The van der Waals surface area contributed by atoms with Crippen LogP contribution in [0.1, 0.15) is 26.7 Å². The number of hydrogen-bond donors (Lipinski definition) is 0. The van der Waals surface area contributed by atoms with Gasteiger partial charge in [0.2, 0.25) is 0 Å². The Labute approximate surface area is 385 Å². The van der Waals surface area contributed by atoms with Crippen molar-refractivity contribution in [3.05, 3.63) is 181 Å². The molecule has 0 aliphatic heterocycles. The Morgan fingerprint density at radius 1 is 0.661 bits per heavy atom. The SMILES string of the molecule is Fc1cccc(-c2ccc3c(c2)sc2c[c-]c(-c4nc5ccccc5n4-c4ccc5sc6ccccc6c5c4)cc23)c1.[2H]C(C)(C)c1cc(-c2[c-]cccc2)ncc1[Si](C)(C)C.[Ir]. The van der Waals surface area contributed by atoms with E-state index in [2.05, 4.69) is 138 Å². The number of halogens is 1. The maximum Gasteiger partial charge on any atom is 0.123 e. The van der Waals surface area contributed by atoms with Gasteiger partial charge in [0.1, 0.15) is 5.82 Å². The molecule has 0 unspecified atom stereocenters. The topological polar surface area (TPSA) is 30.7 Å². The van der Waals surface area contributed by atoms with Crippen LogP contribution in [-0.2, 0) is 20.1 Å². The third-order valence-corrected chi connectivity index (χ3v) is 15.5. The van der Waals surface area contributed by atoms with Gasteiger partial charge in [0.25, 0.3) is 0 Å². The van der Waals surface area contributed by atoms with Gasteiger partial charge in [0.05, 0.1) is 24.9 Å². The number of hydrogen-bond acceptors (Lipinski definition) is 4.